The first kappa shape index (κ1) is 14.6. The van der Waals surface area contributed by atoms with Crippen molar-refractivity contribution in [3.63, 3.8) is 0 Å². The molecule has 1 aromatic heterocycles. The van der Waals surface area contributed by atoms with E-state index in [0.717, 1.165) is 19.3 Å². The van der Waals surface area contributed by atoms with E-state index in [1.54, 1.807) is 6.92 Å². The van der Waals surface area contributed by atoms with Crippen LogP contribution in [0.2, 0.25) is 0 Å². The van der Waals surface area contributed by atoms with Gasteiger partial charge in [0.25, 0.3) is 0 Å². The topological polar surface area (TPSA) is 79.5 Å². The monoisotopic (exact) mass is 287 g/mol. The van der Waals surface area contributed by atoms with Gasteiger partial charge in [0.05, 0.1) is 0 Å². The van der Waals surface area contributed by atoms with E-state index < -0.39 is 10.0 Å². The molecule has 6 heteroatoms. The number of aliphatic hydroxyl groups excluding tert-OH is 1. The molecule has 2 atom stereocenters. The molecule has 0 amide bonds. The Morgan fingerprint density at radius 1 is 1.42 bits per heavy atom. The van der Waals surface area contributed by atoms with E-state index in [2.05, 4.69) is 11.6 Å². The fourth-order valence-corrected chi connectivity index (χ4v) is 4.21. The number of aliphatic hydroxyl groups is 1. The first-order chi connectivity index (χ1) is 8.94. The van der Waals surface area contributed by atoms with Gasteiger partial charge in [0.1, 0.15) is 23.0 Å². The van der Waals surface area contributed by atoms with Crippen molar-refractivity contribution in [3.05, 3.63) is 17.6 Å². The lowest BCUT2D eigenvalue weighted by Gasteiger charge is -2.29. The molecule has 1 aliphatic carbocycles. The maximum Gasteiger partial charge on any atom is 0.244 e. The SMILES string of the molecule is Cc1oc(CO)cc1S(=O)(=O)NC1CCCCC1C. The maximum absolute atomic E-state index is 12.3. The molecule has 0 saturated heterocycles. The van der Waals surface area contributed by atoms with Gasteiger partial charge in [0.15, 0.2) is 0 Å². The molecule has 1 aliphatic rings. The lowest BCUT2D eigenvalue weighted by Crippen LogP contribution is -2.41. The second-order valence-electron chi connectivity index (χ2n) is 5.28. The molecular formula is C13H21NO4S. The van der Waals surface area contributed by atoms with Crippen LogP contribution in [0, 0.1) is 12.8 Å². The summed E-state index contributed by atoms with van der Waals surface area (Å²) in [6.45, 7) is 3.38. The van der Waals surface area contributed by atoms with Crippen molar-refractivity contribution in [1.29, 1.82) is 0 Å². The molecule has 1 saturated carbocycles. The predicted octanol–water partition coefficient (Wildman–Crippen LogP) is 1.94. The third kappa shape index (κ3) is 3.19. The van der Waals surface area contributed by atoms with Crippen LogP contribution in [-0.4, -0.2) is 19.6 Å². The molecule has 1 aromatic rings. The summed E-state index contributed by atoms with van der Waals surface area (Å²) in [5, 5.41) is 9.00. The summed E-state index contributed by atoms with van der Waals surface area (Å²) in [4.78, 5) is 0.134. The van der Waals surface area contributed by atoms with E-state index in [9.17, 15) is 8.42 Å². The zero-order valence-corrected chi connectivity index (χ0v) is 12.2. The van der Waals surface area contributed by atoms with Gasteiger partial charge in [-0.05, 0) is 25.7 Å². The van der Waals surface area contributed by atoms with Gasteiger partial charge in [-0.3, -0.25) is 0 Å². The summed E-state index contributed by atoms with van der Waals surface area (Å²) < 4.78 is 32.7. The van der Waals surface area contributed by atoms with Crippen molar-refractivity contribution in [1.82, 2.24) is 4.72 Å². The Balaban J connectivity index is 2.19. The first-order valence-electron chi connectivity index (χ1n) is 6.66. The lowest BCUT2D eigenvalue weighted by atomic mass is 9.87. The Morgan fingerprint density at radius 2 is 2.11 bits per heavy atom. The van der Waals surface area contributed by atoms with Crippen LogP contribution in [0.1, 0.15) is 44.1 Å². The molecule has 2 rings (SSSR count). The Bertz CT molecular complexity index is 535. The van der Waals surface area contributed by atoms with E-state index in [1.165, 1.54) is 12.5 Å². The molecule has 0 spiro atoms. The van der Waals surface area contributed by atoms with Crippen molar-refractivity contribution in [2.24, 2.45) is 5.92 Å². The van der Waals surface area contributed by atoms with Crippen molar-refractivity contribution in [3.8, 4) is 0 Å². The highest BCUT2D eigenvalue weighted by Gasteiger charge is 2.29. The lowest BCUT2D eigenvalue weighted by molar-refractivity contribution is 0.244. The molecule has 1 heterocycles. The minimum atomic E-state index is -3.57. The van der Waals surface area contributed by atoms with Crippen LogP contribution < -0.4 is 4.72 Å². The number of hydrogen-bond acceptors (Lipinski definition) is 4. The van der Waals surface area contributed by atoms with E-state index in [-0.39, 0.29) is 23.3 Å². The predicted molar refractivity (Wildman–Crippen MR) is 71.1 cm³/mol. The van der Waals surface area contributed by atoms with E-state index >= 15 is 0 Å². The quantitative estimate of drug-likeness (QED) is 0.887. The summed E-state index contributed by atoms with van der Waals surface area (Å²) in [5.74, 6) is 0.947. The molecule has 19 heavy (non-hydrogen) atoms. The van der Waals surface area contributed by atoms with Gasteiger partial charge in [-0.25, -0.2) is 13.1 Å². The number of hydrogen-bond donors (Lipinski definition) is 2. The highest BCUT2D eigenvalue weighted by molar-refractivity contribution is 7.89. The number of aryl methyl sites for hydroxylation is 1. The molecule has 2 N–H and O–H groups in total. The molecule has 108 valence electrons. The van der Waals surface area contributed by atoms with Crippen LogP contribution in [0.4, 0.5) is 0 Å². The van der Waals surface area contributed by atoms with Crippen LogP contribution >= 0.6 is 0 Å². The van der Waals surface area contributed by atoms with Gasteiger partial charge in [0.2, 0.25) is 10.0 Å². The minimum Gasteiger partial charge on any atom is -0.462 e. The normalized spacial score (nSPS) is 24.6. The largest absolute Gasteiger partial charge is 0.462 e. The van der Waals surface area contributed by atoms with Crippen LogP contribution in [0.25, 0.3) is 0 Å². The molecule has 0 aliphatic heterocycles. The zero-order chi connectivity index (χ0) is 14.0. The smallest absolute Gasteiger partial charge is 0.244 e. The standard InChI is InChI=1S/C13H21NO4S/c1-9-5-3-4-6-12(9)14-19(16,17)13-7-11(8-15)18-10(13)2/h7,9,12,14-15H,3-6,8H2,1-2H3. The average Bonchev–Trinajstić information content (AvgIpc) is 2.74. The minimum absolute atomic E-state index is 0.00868. The number of sulfonamides is 1. The summed E-state index contributed by atoms with van der Waals surface area (Å²) in [6.07, 6.45) is 4.16. The van der Waals surface area contributed by atoms with Crippen molar-refractivity contribution in [2.75, 3.05) is 0 Å². The highest BCUT2D eigenvalue weighted by atomic mass is 32.2. The van der Waals surface area contributed by atoms with Gasteiger partial charge in [-0.15, -0.1) is 0 Å². The molecular weight excluding hydrogens is 266 g/mol. The number of nitrogens with one attached hydrogen (secondary N) is 1. The van der Waals surface area contributed by atoms with Crippen molar-refractivity contribution in [2.45, 2.75) is 57.1 Å². The van der Waals surface area contributed by atoms with E-state index in [1.807, 2.05) is 0 Å². The van der Waals surface area contributed by atoms with Crippen LogP contribution in [-0.2, 0) is 16.6 Å². The van der Waals surface area contributed by atoms with Crippen molar-refractivity contribution >= 4 is 10.0 Å². The van der Waals surface area contributed by atoms with Gasteiger partial charge >= 0.3 is 0 Å². The maximum atomic E-state index is 12.3. The van der Waals surface area contributed by atoms with Crippen LogP contribution in [0.5, 0.6) is 0 Å². The zero-order valence-electron chi connectivity index (χ0n) is 11.3. The average molecular weight is 287 g/mol. The highest BCUT2D eigenvalue weighted by Crippen LogP contribution is 2.26. The summed E-state index contributed by atoms with van der Waals surface area (Å²) >= 11 is 0. The molecule has 5 nitrogen and oxygen atoms in total. The van der Waals surface area contributed by atoms with Gasteiger partial charge in [0, 0.05) is 12.1 Å². The first-order valence-corrected chi connectivity index (χ1v) is 8.15. The van der Waals surface area contributed by atoms with Gasteiger partial charge < -0.3 is 9.52 Å². The Morgan fingerprint density at radius 3 is 2.68 bits per heavy atom. The fraction of sp³-hybridized carbons (Fsp3) is 0.692. The molecule has 0 radical (unpaired) electrons. The summed E-state index contributed by atoms with van der Waals surface area (Å²) in [5.41, 5.74) is 0. The van der Waals surface area contributed by atoms with Crippen LogP contribution in [0.15, 0.2) is 15.4 Å². The Kier molecular flexibility index (Phi) is 4.32. The third-order valence-corrected chi connectivity index (χ3v) is 5.38. The van der Waals surface area contributed by atoms with Gasteiger partial charge in [-0.1, -0.05) is 19.8 Å². The second kappa shape index (κ2) is 5.64. The van der Waals surface area contributed by atoms with E-state index in [0.29, 0.717) is 11.7 Å². The third-order valence-electron chi connectivity index (χ3n) is 3.79. The van der Waals surface area contributed by atoms with Crippen molar-refractivity contribution < 1.29 is 17.9 Å². The van der Waals surface area contributed by atoms with Gasteiger partial charge in [-0.2, -0.15) is 0 Å². The Hall–Kier alpha value is -0.850. The van der Waals surface area contributed by atoms with E-state index in [4.69, 9.17) is 9.52 Å². The number of rotatable bonds is 4. The summed E-state index contributed by atoms with van der Waals surface area (Å²) in [6, 6.07) is 1.39. The second-order valence-corrected chi connectivity index (χ2v) is 6.96. The number of furan rings is 1. The molecule has 1 fully saturated rings. The Labute approximate surface area is 114 Å². The summed E-state index contributed by atoms with van der Waals surface area (Å²) in [7, 11) is -3.57. The molecule has 2 unspecified atom stereocenters. The van der Waals surface area contributed by atoms with Crippen LogP contribution in [0.3, 0.4) is 0 Å². The molecule has 0 aromatic carbocycles. The fourth-order valence-electron chi connectivity index (χ4n) is 2.62. The molecule has 0 bridgehead atoms.